The molecule has 0 aliphatic heterocycles. The summed E-state index contributed by atoms with van der Waals surface area (Å²) in [5, 5.41) is 9.81. The zero-order valence-electron chi connectivity index (χ0n) is 9.12. The molecular formula is C12H4BrCl3N2O. The zero-order valence-corrected chi connectivity index (χ0v) is 13.0. The van der Waals surface area contributed by atoms with Gasteiger partial charge in [-0.25, -0.2) is 4.98 Å². The maximum absolute atomic E-state index is 8.84. The molecule has 0 bridgehead atoms. The van der Waals surface area contributed by atoms with Gasteiger partial charge in [0.05, 0.1) is 21.7 Å². The smallest absolute Gasteiger partial charge is 0.222 e. The van der Waals surface area contributed by atoms with E-state index in [9.17, 15) is 0 Å². The molecule has 0 saturated carbocycles. The maximum Gasteiger partial charge on any atom is 0.222 e. The number of hydrogen-bond donors (Lipinski definition) is 0. The summed E-state index contributed by atoms with van der Waals surface area (Å²) in [6.07, 6.45) is 0. The lowest BCUT2D eigenvalue weighted by Gasteiger charge is -2.08. The Morgan fingerprint density at radius 1 is 1.11 bits per heavy atom. The van der Waals surface area contributed by atoms with Crippen LogP contribution in [0.25, 0.3) is 0 Å². The van der Waals surface area contributed by atoms with Crippen molar-refractivity contribution in [2.45, 2.75) is 0 Å². The van der Waals surface area contributed by atoms with Gasteiger partial charge in [0.15, 0.2) is 0 Å². The fourth-order valence-corrected chi connectivity index (χ4v) is 2.32. The Morgan fingerprint density at radius 3 is 2.53 bits per heavy atom. The number of ether oxygens (including phenoxy) is 1. The lowest BCUT2D eigenvalue weighted by molar-refractivity contribution is 0.463. The van der Waals surface area contributed by atoms with Crippen LogP contribution in [0.3, 0.4) is 0 Å². The fourth-order valence-electron chi connectivity index (χ4n) is 1.28. The van der Waals surface area contributed by atoms with Gasteiger partial charge in [-0.3, -0.25) is 0 Å². The topological polar surface area (TPSA) is 45.9 Å². The molecule has 3 nitrogen and oxygen atoms in total. The van der Waals surface area contributed by atoms with E-state index >= 15 is 0 Å². The van der Waals surface area contributed by atoms with Crippen molar-refractivity contribution in [3.63, 3.8) is 0 Å². The van der Waals surface area contributed by atoms with Crippen LogP contribution >= 0.6 is 50.7 Å². The van der Waals surface area contributed by atoms with Gasteiger partial charge in [0.2, 0.25) is 5.88 Å². The molecule has 1 heterocycles. The number of aromatic nitrogens is 1. The number of benzene rings is 1. The normalized spacial score (nSPS) is 10.1. The SMILES string of the molecule is N#Cc1cc(Cl)nc(Oc2cc(Cl)c(Br)cc2Cl)c1. The molecule has 1 aromatic carbocycles. The van der Waals surface area contributed by atoms with Crippen molar-refractivity contribution in [1.82, 2.24) is 4.98 Å². The Labute approximate surface area is 132 Å². The minimum Gasteiger partial charge on any atom is -0.437 e. The van der Waals surface area contributed by atoms with E-state index in [4.69, 9.17) is 44.8 Å². The quantitative estimate of drug-likeness (QED) is 0.514. The van der Waals surface area contributed by atoms with Crippen molar-refractivity contribution >= 4 is 50.7 Å². The van der Waals surface area contributed by atoms with Gasteiger partial charge in [0.25, 0.3) is 0 Å². The number of nitriles is 1. The minimum atomic E-state index is 0.161. The Balaban J connectivity index is 2.39. The molecule has 96 valence electrons. The summed E-state index contributed by atoms with van der Waals surface area (Å²) in [7, 11) is 0. The van der Waals surface area contributed by atoms with Crippen LogP contribution in [-0.2, 0) is 0 Å². The van der Waals surface area contributed by atoms with Crippen LogP contribution in [0, 0.1) is 11.3 Å². The van der Waals surface area contributed by atoms with Crippen LogP contribution < -0.4 is 4.74 Å². The third-order valence-corrected chi connectivity index (χ3v) is 3.78. The predicted octanol–water partition coefficient (Wildman–Crippen LogP) is 5.47. The highest BCUT2D eigenvalue weighted by Crippen LogP contribution is 2.36. The molecular weight excluding hydrogens is 374 g/mol. The molecule has 0 fully saturated rings. The summed E-state index contributed by atoms with van der Waals surface area (Å²) in [5.74, 6) is 0.498. The van der Waals surface area contributed by atoms with E-state index in [0.29, 0.717) is 25.8 Å². The van der Waals surface area contributed by atoms with Gasteiger partial charge in [-0.2, -0.15) is 5.26 Å². The summed E-state index contributed by atoms with van der Waals surface area (Å²) in [4.78, 5) is 3.95. The number of pyridine rings is 1. The van der Waals surface area contributed by atoms with Gasteiger partial charge in [-0.1, -0.05) is 34.8 Å². The molecule has 0 spiro atoms. The summed E-state index contributed by atoms with van der Waals surface area (Å²) in [6.45, 7) is 0. The average molecular weight is 378 g/mol. The number of rotatable bonds is 2. The van der Waals surface area contributed by atoms with Crippen LogP contribution in [0.2, 0.25) is 15.2 Å². The van der Waals surface area contributed by atoms with E-state index < -0.39 is 0 Å². The molecule has 0 aliphatic rings. The highest BCUT2D eigenvalue weighted by atomic mass is 79.9. The lowest BCUT2D eigenvalue weighted by Crippen LogP contribution is -1.91. The van der Waals surface area contributed by atoms with Crippen LogP contribution in [0.4, 0.5) is 0 Å². The van der Waals surface area contributed by atoms with Crippen molar-refractivity contribution in [2.24, 2.45) is 0 Å². The van der Waals surface area contributed by atoms with Crippen LogP contribution in [0.15, 0.2) is 28.7 Å². The molecule has 7 heteroatoms. The van der Waals surface area contributed by atoms with Gasteiger partial charge in [-0.05, 0) is 28.1 Å². The largest absolute Gasteiger partial charge is 0.437 e. The van der Waals surface area contributed by atoms with E-state index in [2.05, 4.69) is 20.9 Å². The van der Waals surface area contributed by atoms with Crippen molar-refractivity contribution < 1.29 is 4.74 Å². The second-order valence-corrected chi connectivity index (χ2v) is 5.48. The Morgan fingerprint density at radius 2 is 1.84 bits per heavy atom. The van der Waals surface area contributed by atoms with E-state index in [1.165, 1.54) is 12.1 Å². The van der Waals surface area contributed by atoms with Gasteiger partial charge in [-0.15, -0.1) is 0 Å². The first-order chi connectivity index (χ1) is 8.99. The molecule has 2 rings (SSSR count). The van der Waals surface area contributed by atoms with E-state index in [1.54, 1.807) is 12.1 Å². The van der Waals surface area contributed by atoms with E-state index in [0.717, 1.165) is 0 Å². The highest BCUT2D eigenvalue weighted by Gasteiger charge is 2.10. The van der Waals surface area contributed by atoms with Gasteiger partial charge < -0.3 is 4.74 Å². The third-order valence-electron chi connectivity index (χ3n) is 2.09. The molecule has 0 radical (unpaired) electrons. The van der Waals surface area contributed by atoms with Crippen molar-refractivity contribution in [3.05, 3.63) is 49.5 Å². The minimum absolute atomic E-state index is 0.161. The first-order valence-corrected chi connectivity index (χ1v) is 6.82. The van der Waals surface area contributed by atoms with Gasteiger partial charge in [0, 0.05) is 16.6 Å². The second kappa shape index (κ2) is 5.98. The van der Waals surface area contributed by atoms with Crippen molar-refractivity contribution in [3.8, 4) is 17.7 Å². The van der Waals surface area contributed by atoms with E-state index in [1.807, 2.05) is 6.07 Å². The zero-order chi connectivity index (χ0) is 14.0. The van der Waals surface area contributed by atoms with Crippen molar-refractivity contribution in [1.29, 1.82) is 5.26 Å². The van der Waals surface area contributed by atoms with Crippen molar-refractivity contribution in [2.75, 3.05) is 0 Å². The maximum atomic E-state index is 8.84. The molecule has 1 aromatic heterocycles. The number of hydrogen-bond acceptors (Lipinski definition) is 3. The van der Waals surface area contributed by atoms with Crippen LogP contribution in [0.1, 0.15) is 5.56 Å². The Bertz CT molecular complexity index is 685. The second-order valence-electron chi connectivity index (χ2n) is 3.43. The van der Waals surface area contributed by atoms with Crippen LogP contribution in [-0.4, -0.2) is 4.98 Å². The summed E-state index contributed by atoms with van der Waals surface area (Å²) >= 11 is 21.0. The number of halogens is 4. The molecule has 0 N–H and O–H groups in total. The Hall–Kier alpha value is -0.990. The van der Waals surface area contributed by atoms with Gasteiger partial charge >= 0.3 is 0 Å². The highest BCUT2D eigenvalue weighted by molar-refractivity contribution is 9.10. The molecule has 0 amide bonds. The lowest BCUT2D eigenvalue weighted by atomic mass is 10.3. The monoisotopic (exact) mass is 376 g/mol. The average Bonchev–Trinajstić information content (AvgIpc) is 2.35. The fraction of sp³-hybridized carbons (Fsp3) is 0. The standard InChI is InChI=1S/C12H4BrCl3N2O/c13-7-3-9(15)10(4-8(7)14)19-12-2-6(5-17)1-11(16)18-12/h1-4H. The Kier molecular flexibility index (Phi) is 4.54. The number of nitrogens with zero attached hydrogens (tertiary/aromatic N) is 2. The molecule has 2 aromatic rings. The molecule has 0 aliphatic carbocycles. The summed E-state index contributed by atoms with van der Waals surface area (Å²) in [6, 6.07) is 8.00. The summed E-state index contributed by atoms with van der Waals surface area (Å²) < 4.78 is 6.14. The van der Waals surface area contributed by atoms with Crippen LogP contribution in [0.5, 0.6) is 11.6 Å². The predicted molar refractivity (Wildman–Crippen MR) is 78.2 cm³/mol. The van der Waals surface area contributed by atoms with Gasteiger partial charge in [0.1, 0.15) is 10.9 Å². The summed E-state index contributed by atoms with van der Waals surface area (Å²) in [5.41, 5.74) is 0.342. The molecule has 0 atom stereocenters. The third kappa shape index (κ3) is 3.52. The first-order valence-electron chi connectivity index (χ1n) is 4.89. The molecule has 0 saturated heterocycles. The van der Waals surface area contributed by atoms with E-state index in [-0.39, 0.29) is 11.0 Å². The first kappa shape index (κ1) is 14.4. The molecule has 0 unspecified atom stereocenters. The molecule has 19 heavy (non-hydrogen) atoms.